The fraction of sp³-hybridized carbons (Fsp3) is 0.680. The van der Waals surface area contributed by atoms with Crippen molar-refractivity contribution in [1.29, 1.82) is 0 Å². The number of piperidine rings is 2. The number of halogens is 1. The Bertz CT molecular complexity index is 769. The van der Waals surface area contributed by atoms with Gasteiger partial charge in [-0.3, -0.25) is 9.69 Å². The number of hydrogen-bond acceptors (Lipinski definition) is 4. The minimum absolute atomic E-state index is 0. The Labute approximate surface area is 215 Å². The zero-order valence-corrected chi connectivity index (χ0v) is 22.4. The van der Waals surface area contributed by atoms with Crippen LogP contribution in [0.25, 0.3) is 0 Å². The number of benzene rings is 1. The third kappa shape index (κ3) is 7.29. The van der Waals surface area contributed by atoms with Gasteiger partial charge in [-0.1, -0.05) is 30.3 Å². The standard InChI is InChI=1S/C25H39N5O2.HI/c1-28(2)24(31)17-27-25(26-16-22-11-7-15-32-22)30-14-12-23-21(19-30)10-6-13-29(23)18-20-8-4-3-5-9-20;/h3-5,8-9,21-23H,6-7,10-19H2,1-2H3,(H,26,27);1H. The number of hydrogen-bond donors (Lipinski definition) is 1. The van der Waals surface area contributed by atoms with Crippen molar-refractivity contribution in [3.8, 4) is 0 Å². The Kier molecular flexibility index (Phi) is 10.2. The monoisotopic (exact) mass is 569 g/mol. The van der Waals surface area contributed by atoms with Crippen LogP contribution in [0.5, 0.6) is 0 Å². The molecule has 0 aromatic heterocycles. The highest BCUT2D eigenvalue weighted by Crippen LogP contribution is 2.31. The van der Waals surface area contributed by atoms with Crippen molar-refractivity contribution >= 4 is 35.8 Å². The molecule has 0 aliphatic carbocycles. The highest BCUT2D eigenvalue weighted by atomic mass is 127. The Morgan fingerprint density at radius 3 is 2.70 bits per heavy atom. The molecule has 33 heavy (non-hydrogen) atoms. The van der Waals surface area contributed by atoms with Crippen LogP contribution in [0.4, 0.5) is 0 Å². The van der Waals surface area contributed by atoms with Crippen LogP contribution < -0.4 is 5.32 Å². The van der Waals surface area contributed by atoms with Crippen LogP contribution in [0.2, 0.25) is 0 Å². The third-order valence-corrected chi connectivity index (χ3v) is 7.09. The van der Waals surface area contributed by atoms with Crippen molar-refractivity contribution in [2.75, 3.05) is 53.4 Å². The molecule has 3 fully saturated rings. The second kappa shape index (κ2) is 12.9. The van der Waals surface area contributed by atoms with E-state index in [1.165, 1.54) is 24.9 Å². The summed E-state index contributed by atoms with van der Waals surface area (Å²) in [5.41, 5.74) is 1.40. The van der Waals surface area contributed by atoms with Gasteiger partial charge in [-0.05, 0) is 50.1 Å². The minimum Gasteiger partial charge on any atom is -0.376 e. The molecule has 3 saturated heterocycles. The van der Waals surface area contributed by atoms with E-state index in [9.17, 15) is 4.79 Å². The van der Waals surface area contributed by atoms with E-state index in [1.54, 1.807) is 19.0 Å². The lowest BCUT2D eigenvalue weighted by atomic mass is 9.83. The van der Waals surface area contributed by atoms with Gasteiger partial charge >= 0.3 is 0 Å². The quantitative estimate of drug-likeness (QED) is 0.325. The number of carbonyl (C=O) groups is 1. The summed E-state index contributed by atoms with van der Waals surface area (Å²) in [5.74, 6) is 1.54. The molecule has 184 valence electrons. The van der Waals surface area contributed by atoms with Gasteiger partial charge in [0.15, 0.2) is 5.96 Å². The lowest BCUT2D eigenvalue weighted by Crippen LogP contribution is -2.57. The highest BCUT2D eigenvalue weighted by Gasteiger charge is 2.37. The molecule has 1 aromatic rings. The second-order valence-corrected chi connectivity index (χ2v) is 9.60. The summed E-state index contributed by atoms with van der Waals surface area (Å²) >= 11 is 0. The van der Waals surface area contributed by atoms with Crippen LogP contribution in [0, 0.1) is 5.92 Å². The van der Waals surface area contributed by atoms with Crippen molar-refractivity contribution < 1.29 is 9.53 Å². The first kappa shape index (κ1) is 26.2. The summed E-state index contributed by atoms with van der Waals surface area (Å²) in [7, 11) is 3.57. The zero-order chi connectivity index (χ0) is 22.3. The number of ether oxygens (including phenoxy) is 1. The van der Waals surface area contributed by atoms with E-state index < -0.39 is 0 Å². The summed E-state index contributed by atoms with van der Waals surface area (Å²) in [6, 6.07) is 11.5. The number of nitrogens with zero attached hydrogens (tertiary/aromatic N) is 4. The van der Waals surface area contributed by atoms with Crippen LogP contribution >= 0.6 is 24.0 Å². The molecule has 0 bridgehead atoms. The van der Waals surface area contributed by atoms with Crippen LogP contribution in [-0.2, 0) is 16.1 Å². The summed E-state index contributed by atoms with van der Waals surface area (Å²) in [4.78, 5) is 23.6. The molecular weight excluding hydrogens is 529 g/mol. The van der Waals surface area contributed by atoms with E-state index in [-0.39, 0.29) is 42.5 Å². The lowest BCUT2D eigenvalue weighted by molar-refractivity contribution is -0.127. The molecule has 0 saturated carbocycles. The summed E-state index contributed by atoms with van der Waals surface area (Å²) in [6.45, 7) is 6.00. The molecule has 4 rings (SSSR count). The first-order chi connectivity index (χ1) is 15.6. The fourth-order valence-electron chi connectivity index (χ4n) is 5.28. The van der Waals surface area contributed by atoms with Gasteiger partial charge in [0.2, 0.25) is 5.91 Å². The minimum atomic E-state index is 0. The molecule has 8 heteroatoms. The summed E-state index contributed by atoms with van der Waals surface area (Å²) in [6.07, 6.45) is 6.12. The molecule has 3 unspecified atom stereocenters. The van der Waals surface area contributed by atoms with Gasteiger partial charge in [0.05, 0.1) is 6.10 Å². The molecule has 7 nitrogen and oxygen atoms in total. The number of likely N-dealkylation sites (N-methyl/N-ethyl adjacent to an activating group) is 1. The van der Waals surface area contributed by atoms with Crippen molar-refractivity contribution in [2.24, 2.45) is 10.9 Å². The average molecular weight is 570 g/mol. The molecule has 0 radical (unpaired) electrons. The highest BCUT2D eigenvalue weighted by molar-refractivity contribution is 14.0. The molecule has 3 aliphatic heterocycles. The number of aliphatic imine (C=N–C) groups is 1. The van der Waals surface area contributed by atoms with Gasteiger partial charge in [0.25, 0.3) is 0 Å². The van der Waals surface area contributed by atoms with Crippen molar-refractivity contribution in [2.45, 2.75) is 50.8 Å². The van der Waals surface area contributed by atoms with Crippen molar-refractivity contribution in [1.82, 2.24) is 20.0 Å². The van der Waals surface area contributed by atoms with Crippen LogP contribution in [0.15, 0.2) is 35.3 Å². The number of amides is 1. The molecule has 3 aliphatic rings. The summed E-state index contributed by atoms with van der Waals surface area (Å²) < 4.78 is 5.79. The van der Waals surface area contributed by atoms with Gasteiger partial charge < -0.3 is 19.9 Å². The van der Waals surface area contributed by atoms with E-state index >= 15 is 0 Å². The van der Waals surface area contributed by atoms with Gasteiger partial charge in [0, 0.05) is 52.9 Å². The third-order valence-electron chi connectivity index (χ3n) is 7.09. The van der Waals surface area contributed by atoms with Crippen LogP contribution in [0.3, 0.4) is 0 Å². The number of guanidine groups is 1. The number of likely N-dealkylation sites (tertiary alicyclic amines) is 2. The summed E-state index contributed by atoms with van der Waals surface area (Å²) in [5, 5.41) is 3.54. The maximum atomic E-state index is 12.2. The molecule has 1 N–H and O–H groups in total. The largest absolute Gasteiger partial charge is 0.376 e. The molecular formula is C25H40IN5O2. The van der Waals surface area contributed by atoms with E-state index in [2.05, 4.69) is 45.4 Å². The second-order valence-electron chi connectivity index (χ2n) is 9.60. The van der Waals surface area contributed by atoms with Gasteiger partial charge in [-0.2, -0.15) is 0 Å². The van der Waals surface area contributed by atoms with Gasteiger partial charge in [0.1, 0.15) is 6.54 Å². The topological polar surface area (TPSA) is 60.4 Å². The molecule has 3 heterocycles. The van der Waals surface area contributed by atoms with E-state index in [1.807, 2.05) is 0 Å². The molecule has 0 spiro atoms. The molecule has 1 aromatic carbocycles. The van der Waals surface area contributed by atoms with Crippen LogP contribution in [0.1, 0.15) is 37.7 Å². The Balaban J connectivity index is 0.00000306. The number of fused-ring (bicyclic) bond motifs is 1. The Morgan fingerprint density at radius 2 is 1.97 bits per heavy atom. The number of carbonyl (C=O) groups excluding carboxylic acids is 1. The normalized spacial score (nSPS) is 25.8. The first-order valence-electron chi connectivity index (χ1n) is 12.2. The molecule has 3 atom stereocenters. The maximum absolute atomic E-state index is 12.2. The average Bonchev–Trinajstić information content (AvgIpc) is 3.33. The Morgan fingerprint density at radius 1 is 1.15 bits per heavy atom. The number of nitrogens with one attached hydrogen (secondary N) is 1. The first-order valence-corrected chi connectivity index (χ1v) is 12.2. The van der Waals surface area contributed by atoms with Gasteiger partial charge in [-0.25, -0.2) is 4.99 Å². The predicted molar refractivity (Wildman–Crippen MR) is 143 cm³/mol. The predicted octanol–water partition coefficient (Wildman–Crippen LogP) is 2.80. The Hall–Kier alpha value is -1.39. The van der Waals surface area contributed by atoms with Gasteiger partial charge in [-0.15, -0.1) is 24.0 Å². The maximum Gasteiger partial charge on any atom is 0.243 e. The zero-order valence-electron chi connectivity index (χ0n) is 20.1. The van der Waals surface area contributed by atoms with Crippen molar-refractivity contribution in [3.63, 3.8) is 0 Å². The lowest BCUT2D eigenvalue weighted by Gasteiger charge is -2.48. The molecule has 1 amide bonds. The smallest absolute Gasteiger partial charge is 0.243 e. The van der Waals surface area contributed by atoms with Crippen molar-refractivity contribution in [3.05, 3.63) is 35.9 Å². The van der Waals surface area contributed by atoms with Crippen LogP contribution in [-0.4, -0.2) is 92.1 Å². The van der Waals surface area contributed by atoms with E-state index in [4.69, 9.17) is 9.73 Å². The van der Waals surface area contributed by atoms with E-state index in [0.717, 1.165) is 58.0 Å². The fourth-order valence-corrected chi connectivity index (χ4v) is 5.28. The SMILES string of the molecule is CN(C)C(=O)CN=C(NCC1CCCO1)N1CCC2C(CCCN2Cc2ccccc2)C1.I. The number of rotatable bonds is 6. The van der Waals surface area contributed by atoms with E-state index in [0.29, 0.717) is 12.0 Å².